The maximum absolute atomic E-state index is 13.9. The van der Waals surface area contributed by atoms with Crippen LogP contribution in [0.15, 0.2) is 18.2 Å². The predicted octanol–water partition coefficient (Wildman–Crippen LogP) is 3.95. The highest BCUT2D eigenvalue weighted by Gasteiger charge is 2.32. The fourth-order valence-electron chi connectivity index (χ4n) is 3.47. The fraction of sp³-hybridized carbons (Fsp3) is 0.647. The lowest BCUT2D eigenvalue weighted by Gasteiger charge is -2.37. The standard InChI is InChI=1S/C17H26FNO/c1-11(2)12-4-5-14(10-19)15(8-12)13-6-7-17(20-3)16(18)9-13/h6-7,9,11-12,14-15H,4-5,8,10,19H2,1-3H3. The highest BCUT2D eigenvalue weighted by atomic mass is 19.1. The number of nitrogens with two attached hydrogens (primary N) is 1. The van der Waals surface area contributed by atoms with Gasteiger partial charge in [-0.15, -0.1) is 0 Å². The highest BCUT2D eigenvalue weighted by molar-refractivity contribution is 5.32. The first-order valence-corrected chi connectivity index (χ1v) is 7.60. The van der Waals surface area contributed by atoms with Crippen LogP contribution in [0.25, 0.3) is 0 Å². The molecule has 20 heavy (non-hydrogen) atoms. The van der Waals surface area contributed by atoms with Gasteiger partial charge in [0, 0.05) is 0 Å². The van der Waals surface area contributed by atoms with Crippen molar-refractivity contribution in [2.24, 2.45) is 23.5 Å². The quantitative estimate of drug-likeness (QED) is 0.905. The minimum atomic E-state index is -0.271. The van der Waals surface area contributed by atoms with Crippen LogP contribution in [-0.4, -0.2) is 13.7 Å². The molecular formula is C17H26FNO. The average molecular weight is 279 g/mol. The Hall–Kier alpha value is -1.09. The Morgan fingerprint density at radius 2 is 2.10 bits per heavy atom. The largest absolute Gasteiger partial charge is 0.494 e. The lowest BCUT2D eigenvalue weighted by molar-refractivity contribution is 0.197. The van der Waals surface area contributed by atoms with Crippen molar-refractivity contribution < 1.29 is 9.13 Å². The molecule has 1 aliphatic carbocycles. The first kappa shape index (κ1) is 15.3. The lowest BCUT2D eigenvalue weighted by atomic mass is 9.68. The SMILES string of the molecule is COc1ccc(C2CC(C(C)C)CCC2CN)cc1F. The topological polar surface area (TPSA) is 35.2 Å². The second kappa shape index (κ2) is 6.57. The zero-order valence-corrected chi connectivity index (χ0v) is 12.7. The number of benzene rings is 1. The first-order valence-electron chi connectivity index (χ1n) is 7.60. The third-order valence-corrected chi connectivity index (χ3v) is 4.88. The van der Waals surface area contributed by atoms with Crippen molar-refractivity contribution in [1.29, 1.82) is 0 Å². The van der Waals surface area contributed by atoms with E-state index in [1.54, 1.807) is 12.1 Å². The van der Waals surface area contributed by atoms with Gasteiger partial charge in [0.25, 0.3) is 0 Å². The van der Waals surface area contributed by atoms with E-state index in [0.717, 1.165) is 18.4 Å². The van der Waals surface area contributed by atoms with Crippen LogP contribution in [0.5, 0.6) is 5.75 Å². The van der Waals surface area contributed by atoms with Crippen LogP contribution in [0.1, 0.15) is 44.6 Å². The van der Waals surface area contributed by atoms with Gasteiger partial charge >= 0.3 is 0 Å². The molecule has 2 rings (SSSR count). The molecule has 3 heteroatoms. The summed E-state index contributed by atoms with van der Waals surface area (Å²) in [5.41, 5.74) is 7.00. The first-order chi connectivity index (χ1) is 9.56. The van der Waals surface area contributed by atoms with Crippen molar-refractivity contribution in [3.8, 4) is 5.75 Å². The summed E-state index contributed by atoms with van der Waals surface area (Å²) in [7, 11) is 1.50. The maximum atomic E-state index is 13.9. The van der Waals surface area contributed by atoms with E-state index in [0.29, 0.717) is 36.0 Å². The van der Waals surface area contributed by atoms with E-state index in [1.165, 1.54) is 13.5 Å². The monoisotopic (exact) mass is 279 g/mol. The fourth-order valence-corrected chi connectivity index (χ4v) is 3.47. The second-order valence-corrected chi connectivity index (χ2v) is 6.31. The van der Waals surface area contributed by atoms with Crippen molar-refractivity contribution in [2.75, 3.05) is 13.7 Å². The third kappa shape index (κ3) is 3.14. The summed E-state index contributed by atoms with van der Waals surface area (Å²) < 4.78 is 18.9. The second-order valence-electron chi connectivity index (χ2n) is 6.31. The zero-order valence-electron chi connectivity index (χ0n) is 12.7. The van der Waals surface area contributed by atoms with Gasteiger partial charge in [-0.3, -0.25) is 0 Å². The molecule has 112 valence electrons. The summed E-state index contributed by atoms with van der Waals surface area (Å²) in [4.78, 5) is 0. The van der Waals surface area contributed by atoms with Gasteiger partial charge in [-0.25, -0.2) is 4.39 Å². The Kier molecular flexibility index (Phi) is 5.03. The molecule has 2 N–H and O–H groups in total. The smallest absolute Gasteiger partial charge is 0.165 e. The highest BCUT2D eigenvalue weighted by Crippen LogP contribution is 2.43. The minimum Gasteiger partial charge on any atom is -0.494 e. The molecular weight excluding hydrogens is 253 g/mol. The maximum Gasteiger partial charge on any atom is 0.165 e. The van der Waals surface area contributed by atoms with Crippen molar-refractivity contribution in [3.05, 3.63) is 29.6 Å². The van der Waals surface area contributed by atoms with E-state index < -0.39 is 0 Å². The van der Waals surface area contributed by atoms with Crippen molar-refractivity contribution in [1.82, 2.24) is 0 Å². The van der Waals surface area contributed by atoms with Gasteiger partial charge in [0.15, 0.2) is 11.6 Å². The number of hydrogen-bond acceptors (Lipinski definition) is 2. The van der Waals surface area contributed by atoms with Gasteiger partial charge in [0.05, 0.1) is 7.11 Å². The van der Waals surface area contributed by atoms with Crippen LogP contribution in [-0.2, 0) is 0 Å². The Bertz CT molecular complexity index is 447. The van der Waals surface area contributed by atoms with Crippen LogP contribution in [0.2, 0.25) is 0 Å². The van der Waals surface area contributed by atoms with Crippen molar-refractivity contribution in [3.63, 3.8) is 0 Å². The number of methoxy groups -OCH3 is 1. The third-order valence-electron chi connectivity index (χ3n) is 4.88. The lowest BCUT2D eigenvalue weighted by Crippen LogP contribution is -2.30. The van der Waals surface area contributed by atoms with E-state index in [-0.39, 0.29) is 5.82 Å². The van der Waals surface area contributed by atoms with E-state index in [2.05, 4.69) is 13.8 Å². The Morgan fingerprint density at radius 1 is 1.35 bits per heavy atom. The van der Waals surface area contributed by atoms with Gasteiger partial charge in [-0.2, -0.15) is 0 Å². The zero-order chi connectivity index (χ0) is 14.7. The molecule has 0 amide bonds. The minimum absolute atomic E-state index is 0.271. The molecule has 0 aromatic heterocycles. The Morgan fingerprint density at radius 3 is 2.65 bits per heavy atom. The summed E-state index contributed by atoms with van der Waals surface area (Å²) in [6.45, 7) is 5.24. The molecule has 0 radical (unpaired) electrons. The van der Waals surface area contributed by atoms with E-state index in [9.17, 15) is 4.39 Å². The van der Waals surface area contributed by atoms with Gasteiger partial charge in [0.1, 0.15) is 0 Å². The number of halogens is 1. The molecule has 3 unspecified atom stereocenters. The molecule has 0 aliphatic heterocycles. The van der Waals surface area contributed by atoms with E-state index >= 15 is 0 Å². The molecule has 1 aliphatic rings. The van der Waals surface area contributed by atoms with Gasteiger partial charge in [-0.1, -0.05) is 19.9 Å². The van der Waals surface area contributed by atoms with Crippen LogP contribution >= 0.6 is 0 Å². The van der Waals surface area contributed by atoms with Crippen LogP contribution in [0.3, 0.4) is 0 Å². The molecule has 1 aromatic carbocycles. The molecule has 2 nitrogen and oxygen atoms in total. The summed E-state index contributed by atoms with van der Waals surface area (Å²) in [5.74, 6) is 2.29. The molecule has 1 saturated carbocycles. The van der Waals surface area contributed by atoms with Crippen LogP contribution < -0.4 is 10.5 Å². The number of hydrogen-bond donors (Lipinski definition) is 1. The normalized spacial score (nSPS) is 26.8. The summed E-state index contributed by atoms with van der Waals surface area (Å²) >= 11 is 0. The Balaban J connectivity index is 2.24. The number of ether oxygens (including phenoxy) is 1. The van der Waals surface area contributed by atoms with Gasteiger partial charge in [0.2, 0.25) is 0 Å². The summed E-state index contributed by atoms with van der Waals surface area (Å²) in [5, 5.41) is 0. The molecule has 0 saturated heterocycles. The van der Waals surface area contributed by atoms with E-state index in [1.807, 2.05) is 6.07 Å². The average Bonchev–Trinajstić information content (AvgIpc) is 2.46. The molecule has 0 heterocycles. The number of rotatable bonds is 4. The van der Waals surface area contributed by atoms with Crippen LogP contribution in [0, 0.1) is 23.6 Å². The summed E-state index contributed by atoms with van der Waals surface area (Å²) in [6.07, 6.45) is 3.51. The molecule has 0 bridgehead atoms. The molecule has 1 aromatic rings. The molecule has 1 fully saturated rings. The molecule has 0 spiro atoms. The summed E-state index contributed by atoms with van der Waals surface area (Å²) in [6, 6.07) is 5.37. The predicted molar refractivity (Wildman–Crippen MR) is 80.4 cm³/mol. The van der Waals surface area contributed by atoms with E-state index in [4.69, 9.17) is 10.5 Å². The van der Waals surface area contributed by atoms with Gasteiger partial charge < -0.3 is 10.5 Å². The molecule has 3 atom stereocenters. The van der Waals surface area contributed by atoms with Crippen molar-refractivity contribution in [2.45, 2.75) is 39.0 Å². The van der Waals surface area contributed by atoms with Crippen molar-refractivity contribution >= 4 is 0 Å². The van der Waals surface area contributed by atoms with Crippen LogP contribution in [0.4, 0.5) is 4.39 Å². The van der Waals surface area contributed by atoms with Gasteiger partial charge in [-0.05, 0) is 67.2 Å². The Labute approximate surface area is 121 Å².